The SMILES string of the molecule is O=C=C(O)[C@H]1OC(=O)C(O)=C1O. The molecule has 6 nitrogen and oxygen atoms in total. The smallest absolute Gasteiger partial charge is 0.378 e. The molecule has 1 aliphatic heterocycles. The maximum Gasteiger partial charge on any atom is 0.378 e. The molecular weight excluding hydrogens is 168 g/mol. The number of aliphatic hydroxyl groups is 3. The number of hydrogen-bond donors (Lipinski definition) is 3. The second-order valence-corrected chi connectivity index (χ2v) is 2.01. The first-order valence-corrected chi connectivity index (χ1v) is 2.85. The Morgan fingerprint density at radius 1 is 1.50 bits per heavy atom. The first kappa shape index (κ1) is 8.16. The van der Waals surface area contributed by atoms with Crippen molar-refractivity contribution in [2.24, 2.45) is 0 Å². The third-order valence-electron chi connectivity index (χ3n) is 1.26. The summed E-state index contributed by atoms with van der Waals surface area (Å²) in [5.74, 6) is -3.07. The zero-order valence-electron chi connectivity index (χ0n) is 5.64. The molecule has 0 saturated carbocycles. The fraction of sp³-hybridized carbons (Fsp3) is 0.167. The van der Waals surface area contributed by atoms with E-state index in [0.717, 1.165) is 5.94 Å². The number of aliphatic hydroxyl groups excluding tert-OH is 3. The molecule has 64 valence electrons. The summed E-state index contributed by atoms with van der Waals surface area (Å²) >= 11 is 0. The molecule has 12 heavy (non-hydrogen) atoms. The number of carbonyl (C=O) groups excluding carboxylic acids is 2. The topological polar surface area (TPSA) is 104 Å². The van der Waals surface area contributed by atoms with Crippen LogP contribution in [0.3, 0.4) is 0 Å². The molecule has 0 aromatic rings. The van der Waals surface area contributed by atoms with Gasteiger partial charge in [-0.3, -0.25) is 0 Å². The van der Waals surface area contributed by atoms with Crippen molar-refractivity contribution in [3.8, 4) is 0 Å². The van der Waals surface area contributed by atoms with Gasteiger partial charge in [-0.2, -0.15) is 0 Å². The molecule has 0 spiro atoms. The molecule has 0 unspecified atom stereocenters. The van der Waals surface area contributed by atoms with Gasteiger partial charge in [0.1, 0.15) is 0 Å². The molecule has 3 N–H and O–H groups in total. The lowest BCUT2D eigenvalue weighted by Gasteiger charge is -2.03. The summed E-state index contributed by atoms with van der Waals surface area (Å²) in [5, 5.41) is 26.2. The highest BCUT2D eigenvalue weighted by Gasteiger charge is 2.37. The minimum atomic E-state index is -1.62. The maximum atomic E-state index is 10.5. The molecular formula is C6H4O6. The Kier molecular flexibility index (Phi) is 1.76. The molecule has 0 bridgehead atoms. The molecule has 1 heterocycles. The number of cyclic esters (lactones) is 1. The highest BCUT2D eigenvalue weighted by atomic mass is 16.6. The summed E-state index contributed by atoms with van der Waals surface area (Å²) in [5.41, 5.74) is 0. The summed E-state index contributed by atoms with van der Waals surface area (Å²) in [4.78, 5) is 20.3. The second kappa shape index (κ2) is 2.60. The first-order chi connectivity index (χ1) is 5.57. The summed E-state index contributed by atoms with van der Waals surface area (Å²) < 4.78 is 4.18. The van der Waals surface area contributed by atoms with Crippen LogP contribution in [0.15, 0.2) is 17.3 Å². The number of hydrogen-bond acceptors (Lipinski definition) is 6. The van der Waals surface area contributed by atoms with Crippen LogP contribution < -0.4 is 0 Å². The van der Waals surface area contributed by atoms with Gasteiger partial charge in [0.15, 0.2) is 11.7 Å². The Balaban J connectivity index is 3.03. The molecule has 0 radical (unpaired) electrons. The fourth-order valence-electron chi connectivity index (χ4n) is 0.686. The lowest BCUT2D eigenvalue weighted by molar-refractivity contribution is -0.142. The normalized spacial score (nSPS) is 22.0. The predicted molar refractivity (Wildman–Crippen MR) is 34.0 cm³/mol. The summed E-state index contributed by atoms with van der Waals surface area (Å²) in [7, 11) is 0. The van der Waals surface area contributed by atoms with Crippen LogP contribution in [0.25, 0.3) is 0 Å². The van der Waals surface area contributed by atoms with Crippen molar-refractivity contribution in [3.63, 3.8) is 0 Å². The molecule has 1 rings (SSSR count). The van der Waals surface area contributed by atoms with Crippen LogP contribution in [0.2, 0.25) is 0 Å². The van der Waals surface area contributed by atoms with Crippen LogP contribution in [0.5, 0.6) is 0 Å². The largest absolute Gasteiger partial charge is 0.505 e. The van der Waals surface area contributed by atoms with Crippen molar-refractivity contribution in [2.45, 2.75) is 6.10 Å². The average Bonchev–Trinajstić information content (AvgIpc) is 2.32. The summed E-state index contributed by atoms with van der Waals surface area (Å²) in [6.45, 7) is 0. The van der Waals surface area contributed by atoms with Crippen molar-refractivity contribution in [1.82, 2.24) is 0 Å². The van der Waals surface area contributed by atoms with Crippen molar-refractivity contribution >= 4 is 11.9 Å². The van der Waals surface area contributed by atoms with Crippen molar-refractivity contribution < 1.29 is 29.6 Å². The molecule has 6 heteroatoms. The van der Waals surface area contributed by atoms with Crippen LogP contribution in [0, 0.1) is 0 Å². The van der Waals surface area contributed by atoms with Crippen molar-refractivity contribution in [2.75, 3.05) is 0 Å². The molecule has 0 aromatic heterocycles. The lowest BCUT2D eigenvalue weighted by Crippen LogP contribution is -2.15. The highest BCUT2D eigenvalue weighted by molar-refractivity contribution is 5.89. The average molecular weight is 172 g/mol. The van der Waals surface area contributed by atoms with Gasteiger partial charge in [0.25, 0.3) is 0 Å². The molecule has 1 aliphatic rings. The number of ether oxygens (including phenoxy) is 1. The van der Waals surface area contributed by atoms with Gasteiger partial charge in [-0.15, -0.1) is 0 Å². The van der Waals surface area contributed by atoms with E-state index in [1.165, 1.54) is 0 Å². The zero-order valence-corrected chi connectivity index (χ0v) is 5.64. The Hall–Kier alpha value is -1.94. The van der Waals surface area contributed by atoms with E-state index in [1.807, 2.05) is 0 Å². The lowest BCUT2D eigenvalue weighted by atomic mass is 10.2. The second-order valence-electron chi connectivity index (χ2n) is 2.01. The van der Waals surface area contributed by atoms with Gasteiger partial charge in [-0.1, -0.05) is 0 Å². The first-order valence-electron chi connectivity index (χ1n) is 2.85. The van der Waals surface area contributed by atoms with Crippen molar-refractivity contribution in [3.05, 3.63) is 17.3 Å². The Morgan fingerprint density at radius 2 is 2.08 bits per heavy atom. The molecule has 0 saturated heterocycles. The number of esters is 1. The summed E-state index contributed by atoms with van der Waals surface area (Å²) in [6.07, 6.45) is -1.62. The van der Waals surface area contributed by atoms with Crippen LogP contribution in [0.1, 0.15) is 0 Å². The summed E-state index contributed by atoms with van der Waals surface area (Å²) in [6, 6.07) is 0. The van der Waals surface area contributed by atoms with Crippen LogP contribution in [-0.4, -0.2) is 33.3 Å². The highest BCUT2D eigenvalue weighted by Crippen LogP contribution is 2.21. The standard InChI is InChI=1S/C6H4O6/c7-1-2(8)5-3(9)4(10)6(11)12-5/h5,8-10H/t5-/m1/s1. The molecule has 0 aromatic carbocycles. The van der Waals surface area contributed by atoms with Gasteiger partial charge in [0.2, 0.25) is 17.6 Å². The van der Waals surface area contributed by atoms with Gasteiger partial charge in [-0.05, 0) is 0 Å². The Labute approximate surface area is 66.0 Å². The number of rotatable bonds is 1. The van der Waals surface area contributed by atoms with E-state index in [9.17, 15) is 9.59 Å². The molecule has 0 amide bonds. The molecule has 1 atom stereocenters. The van der Waals surface area contributed by atoms with Crippen LogP contribution in [0.4, 0.5) is 0 Å². The van der Waals surface area contributed by atoms with E-state index in [0.29, 0.717) is 0 Å². The fourth-order valence-corrected chi connectivity index (χ4v) is 0.686. The van der Waals surface area contributed by atoms with Gasteiger partial charge in [0, 0.05) is 0 Å². The van der Waals surface area contributed by atoms with E-state index in [-0.39, 0.29) is 0 Å². The van der Waals surface area contributed by atoms with E-state index in [2.05, 4.69) is 4.74 Å². The zero-order chi connectivity index (χ0) is 9.30. The Morgan fingerprint density at radius 3 is 2.42 bits per heavy atom. The predicted octanol–water partition coefficient (Wildman–Crippen LogP) is -0.487. The van der Waals surface area contributed by atoms with E-state index < -0.39 is 29.4 Å². The number of carbonyl (C=O) groups is 1. The maximum absolute atomic E-state index is 10.5. The third-order valence-corrected chi connectivity index (χ3v) is 1.26. The van der Waals surface area contributed by atoms with Gasteiger partial charge in [-0.25, -0.2) is 9.59 Å². The minimum Gasteiger partial charge on any atom is -0.505 e. The monoisotopic (exact) mass is 172 g/mol. The van der Waals surface area contributed by atoms with E-state index >= 15 is 0 Å². The van der Waals surface area contributed by atoms with Crippen LogP contribution in [-0.2, 0) is 14.3 Å². The van der Waals surface area contributed by atoms with Gasteiger partial charge >= 0.3 is 5.97 Å². The van der Waals surface area contributed by atoms with Gasteiger partial charge < -0.3 is 20.1 Å². The van der Waals surface area contributed by atoms with E-state index in [1.54, 1.807) is 0 Å². The quantitative estimate of drug-likeness (QED) is 0.280. The van der Waals surface area contributed by atoms with E-state index in [4.69, 9.17) is 15.3 Å². The third kappa shape index (κ3) is 0.998. The van der Waals surface area contributed by atoms with Gasteiger partial charge in [0.05, 0.1) is 0 Å². The minimum absolute atomic E-state index is 0.888. The van der Waals surface area contributed by atoms with Crippen LogP contribution >= 0.6 is 0 Å². The Bertz CT molecular complexity index is 308. The molecule has 0 aliphatic carbocycles. The molecule has 0 fully saturated rings. The van der Waals surface area contributed by atoms with Crippen molar-refractivity contribution in [1.29, 1.82) is 0 Å².